The number of hydrogen-bond acceptors (Lipinski definition) is 8. The SMILES string of the molecule is CC(C)(C)Cc1cc2c(-c3cc(C(C)(C)C)ccn3)[c-]c(-c3cccc4ccc(-c5cc(C(C)(C)C)ccn5)[c-]c34)cc2o1.CC(C)(C)c1ccnc(-c2[c-]c3c(-c4[c-]c(-c5cc(C(C)(C)C)ccn5)cc5ccccc45)cccc3cc2)c1.Cc1cc2c(-c3cc(C(C)(C)C)ccn3)[c-]c(-c3cccc4ccc(-c5cc(C(C)(C)C)ccn5)[c-]c34)cc2s1.[Pt+2].[Pt+2].[Pt+2]. The van der Waals surface area contributed by atoms with E-state index in [4.69, 9.17) is 34.3 Å². The van der Waals surface area contributed by atoms with Gasteiger partial charge in [-0.15, -0.1) is 118 Å². The van der Waals surface area contributed by atoms with Gasteiger partial charge in [0.1, 0.15) is 0 Å². The molecule has 0 aliphatic heterocycles. The topological polar surface area (TPSA) is 90.5 Å². The van der Waals surface area contributed by atoms with Gasteiger partial charge in [0.05, 0.1) is 11.3 Å². The molecule has 18 aromatic rings. The summed E-state index contributed by atoms with van der Waals surface area (Å²) in [4.78, 5) is 29.9. The average molecular weight is 2220 g/mol. The van der Waals surface area contributed by atoms with E-state index in [-0.39, 0.29) is 101 Å². The van der Waals surface area contributed by atoms with Crippen LogP contribution in [-0.4, -0.2) is 29.9 Å². The molecule has 8 aromatic heterocycles. The molecular weight excluding hydrogens is 2110 g/mol. The minimum Gasteiger partial charge on any atom is -0.477 e. The molecule has 0 spiro atoms. The minimum atomic E-state index is 0. The van der Waals surface area contributed by atoms with Crippen LogP contribution in [0.3, 0.4) is 0 Å². The first-order valence-corrected chi connectivity index (χ1v) is 44.1. The summed E-state index contributed by atoms with van der Waals surface area (Å²) in [6.07, 6.45) is 12.3. The molecule has 0 aliphatic carbocycles. The molecule has 0 N–H and O–H groups in total. The third-order valence-electron chi connectivity index (χ3n) is 23.4. The van der Waals surface area contributed by atoms with Crippen LogP contribution in [0, 0.1) is 48.7 Å². The maximum absolute atomic E-state index is 6.55. The van der Waals surface area contributed by atoms with Crippen LogP contribution in [0.15, 0.2) is 260 Å². The van der Waals surface area contributed by atoms with Crippen molar-refractivity contribution < 1.29 is 67.6 Å². The fourth-order valence-corrected chi connectivity index (χ4v) is 17.1. The predicted molar refractivity (Wildman–Crippen MR) is 523 cm³/mol. The fraction of sp³-hybridized carbons (Fsp3) is 0.259. The number of pyridine rings is 6. The Hall–Kier alpha value is -10.3. The Morgan fingerprint density at radius 1 is 0.276 bits per heavy atom. The molecule has 0 atom stereocenters. The monoisotopic (exact) mass is 2220 g/mol. The molecule has 0 aliphatic rings. The molecular formula is C116H110N6OPt3S. The van der Waals surface area contributed by atoms with Crippen molar-refractivity contribution in [2.24, 2.45) is 5.41 Å². The second-order valence-corrected chi connectivity index (χ2v) is 41.9. The summed E-state index contributed by atoms with van der Waals surface area (Å²) >= 11 is 1.82. The zero-order valence-electron chi connectivity index (χ0n) is 76.9. The smallest absolute Gasteiger partial charge is 0.477 e. The first-order chi connectivity index (χ1) is 58.7. The van der Waals surface area contributed by atoms with Gasteiger partial charge in [0.15, 0.2) is 0 Å². The van der Waals surface area contributed by atoms with E-state index in [1.54, 1.807) is 0 Å². The first-order valence-electron chi connectivity index (χ1n) is 43.3. The van der Waals surface area contributed by atoms with Crippen LogP contribution in [0.25, 0.3) is 165 Å². The molecule has 0 radical (unpaired) electrons. The van der Waals surface area contributed by atoms with Crippen LogP contribution in [0.5, 0.6) is 0 Å². The first kappa shape index (κ1) is 94.3. The molecule has 0 saturated heterocycles. The van der Waals surface area contributed by atoms with Crippen LogP contribution < -0.4 is 0 Å². The van der Waals surface area contributed by atoms with Crippen molar-refractivity contribution >= 4 is 75.5 Å². The summed E-state index contributed by atoms with van der Waals surface area (Å²) in [5, 5.41) is 11.2. The summed E-state index contributed by atoms with van der Waals surface area (Å²) in [6.45, 7) is 49.1. The van der Waals surface area contributed by atoms with E-state index in [2.05, 4.69) is 407 Å². The van der Waals surface area contributed by atoms with Gasteiger partial charge in [-0.3, -0.25) is 29.9 Å². The number of fused-ring (bicyclic) bond motifs is 6. The van der Waals surface area contributed by atoms with Crippen molar-refractivity contribution in [2.75, 3.05) is 0 Å². The molecule has 18 rings (SSSR count). The minimum absolute atomic E-state index is 0. The van der Waals surface area contributed by atoms with E-state index in [0.717, 1.165) is 162 Å². The van der Waals surface area contributed by atoms with E-state index in [9.17, 15) is 0 Å². The molecule has 7 nitrogen and oxygen atoms in total. The third-order valence-corrected chi connectivity index (χ3v) is 24.4. The van der Waals surface area contributed by atoms with Gasteiger partial charge in [0.2, 0.25) is 0 Å². The molecule has 127 heavy (non-hydrogen) atoms. The summed E-state index contributed by atoms with van der Waals surface area (Å²) in [5.41, 5.74) is 26.7. The van der Waals surface area contributed by atoms with Gasteiger partial charge in [-0.25, -0.2) is 0 Å². The Morgan fingerprint density at radius 2 is 0.614 bits per heavy atom. The van der Waals surface area contributed by atoms with Crippen LogP contribution in [0.4, 0.5) is 0 Å². The fourth-order valence-electron chi connectivity index (χ4n) is 16.2. The van der Waals surface area contributed by atoms with Crippen molar-refractivity contribution in [1.82, 2.24) is 29.9 Å². The van der Waals surface area contributed by atoms with Gasteiger partial charge in [0, 0.05) is 77.8 Å². The summed E-state index contributed by atoms with van der Waals surface area (Å²) in [5.74, 6) is 0.975. The second kappa shape index (κ2) is 37.0. The van der Waals surface area contributed by atoms with Crippen LogP contribution in [-0.2, 0) is 102 Å². The largest absolute Gasteiger partial charge is 2.00 e. The number of aromatic nitrogens is 6. The number of rotatable bonds is 10. The Bertz CT molecular complexity index is 7100. The average Bonchev–Trinajstić information content (AvgIpc) is 1.72. The number of benzene rings is 10. The van der Waals surface area contributed by atoms with Crippen molar-refractivity contribution in [3.05, 3.63) is 336 Å². The predicted octanol–water partition coefficient (Wildman–Crippen LogP) is 31.5. The molecule has 0 bridgehead atoms. The van der Waals surface area contributed by atoms with Gasteiger partial charge in [-0.05, 0) is 136 Å². The van der Waals surface area contributed by atoms with E-state index < -0.39 is 0 Å². The molecule has 10 aromatic carbocycles. The maximum Gasteiger partial charge on any atom is 2.00 e. The van der Waals surface area contributed by atoms with Crippen molar-refractivity contribution in [2.45, 2.75) is 191 Å². The quantitative estimate of drug-likeness (QED) is 0.126. The number of aryl methyl sites for hydroxylation is 1. The normalized spacial score (nSPS) is 12.2. The van der Waals surface area contributed by atoms with Crippen LogP contribution >= 0.6 is 11.3 Å². The van der Waals surface area contributed by atoms with Gasteiger partial charge in [-0.1, -0.05) is 355 Å². The van der Waals surface area contributed by atoms with Gasteiger partial charge < -0.3 is 4.42 Å². The zero-order valence-corrected chi connectivity index (χ0v) is 84.5. The third kappa shape index (κ3) is 21.0. The molecule has 0 saturated carbocycles. The second-order valence-electron chi connectivity index (χ2n) is 40.6. The summed E-state index contributed by atoms with van der Waals surface area (Å²) in [6, 6.07) is 100. The standard InChI is InChI=1S/C41H42N2O.C38H34N2.C37H34N2S.3Pt/c1-39(2,3)25-31-24-35-34(37-23-30(16-18-43-37)41(7,8)9)20-28(21-38(35)44-31)32-12-10-11-26-13-14-27(19-33(26)32)36-22-29(15-17-42-36)40(4,5)6;1-37(2,3)29-16-18-39-35(23-29)27-15-14-25-11-9-13-32(33(25)21-27)34-22-28(20-26-10-7-8-12-31(26)34)36-24-30(17-19-40-36)38(4,5)6;1-23-17-32-31(34-22-28(14-16-39-34)37(5,6)7)19-26(20-35(32)40-23)29-10-8-9-24-11-12-25(18-30(24)29)33-21-27(13-15-38-33)36(2,3)4;;;/h10-18,21-24H,25H2,1-9H3;7-20,23-24H,1-6H3;8-17,20-22H,1-7H3;;;/q3*-2;3*+2. The number of hydrogen-bond donors (Lipinski definition) is 0. The molecule has 8 heterocycles. The Morgan fingerprint density at radius 3 is 1.02 bits per heavy atom. The molecule has 0 amide bonds. The Kier molecular flexibility index (Phi) is 27.5. The van der Waals surface area contributed by atoms with E-state index >= 15 is 0 Å². The van der Waals surface area contributed by atoms with Crippen LogP contribution in [0.1, 0.15) is 189 Å². The number of nitrogens with zero attached hydrogens (tertiary/aromatic N) is 6. The van der Waals surface area contributed by atoms with Crippen molar-refractivity contribution in [1.29, 1.82) is 0 Å². The molecule has 0 unspecified atom stereocenters. The maximum atomic E-state index is 6.55. The number of furan rings is 1. The zero-order chi connectivity index (χ0) is 87.7. The molecule has 11 heteroatoms. The van der Waals surface area contributed by atoms with Crippen molar-refractivity contribution in [3.8, 4) is 101 Å². The Labute approximate surface area is 799 Å². The van der Waals surface area contributed by atoms with Gasteiger partial charge in [-0.2, -0.15) is 11.3 Å². The van der Waals surface area contributed by atoms with E-state index in [1.165, 1.54) is 53.7 Å². The van der Waals surface area contributed by atoms with Crippen LogP contribution in [0.2, 0.25) is 0 Å². The summed E-state index contributed by atoms with van der Waals surface area (Å²) < 4.78 is 7.80. The molecule has 646 valence electrons. The van der Waals surface area contributed by atoms with Gasteiger partial charge >= 0.3 is 63.2 Å². The summed E-state index contributed by atoms with van der Waals surface area (Å²) in [7, 11) is 0. The van der Waals surface area contributed by atoms with E-state index in [1.807, 2.05) is 48.5 Å². The Balaban J connectivity index is 0.000000161. The van der Waals surface area contributed by atoms with Gasteiger partial charge in [0.25, 0.3) is 0 Å². The van der Waals surface area contributed by atoms with E-state index in [0.29, 0.717) is 0 Å². The van der Waals surface area contributed by atoms with Crippen molar-refractivity contribution in [3.63, 3.8) is 0 Å². The number of thiophene rings is 1. The molecule has 0 fully saturated rings.